The average Bonchev–Trinajstić information content (AvgIpc) is 2.89. The molecule has 7 atom stereocenters. The van der Waals surface area contributed by atoms with Crippen LogP contribution in [0.4, 0.5) is 0 Å². The van der Waals surface area contributed by atoms with Crippen molar-refractivity contribution in [1.82, 2.24) is 0 Å². The summed E-state index contributed by atoms with van der Waals surface area (Å²) < 4.78 is 32.3. The highest BCUT2D eigenvalue weighted by atomic mass is 31.2. The lowest BCUT2D eigenvalue weighted by atomic mass is 9.84. The first-order valence-electron chi connectivity index (χ1n) is 15.2. The van der Waals surface area contributed by atoms with E-state index in [9.17, 15) is 39.1 Å². The molecule has 0 aromatic carbocycles. The Morgan fingerprint density at radius 3 is 1.73 bits per heavy atom. The molecule has 0 spiro atoms. The van der Waals surface area contributed by atoms with Gasteiger partial charge in [0.05, 0.1) is 19.1 Å². The second kappa shape index (κ2) is 20.5. The number of allylic oxidation sites excluding steroid dienone is 3. The van der Waals surface area contributed by atoms with Crippen LogP contribution in [0.1, 0.15) is 94.4 Å². The molecule has 0 aromatic rings. The van der Waals surface area contributed by atoms with Crippen molar-refractivity contribution in [1.29, 1.82) is 0 Å². The smallest absolute Gasteiger partial charge is 0.475 e. The molecule has 13 heteroatoms. The zero-order valence-electron chi connectivity index (χ0n) is 27.6. The van der Waals surface area contributed by atoms with E-state index in [4.69, 9.17) is 18.3 Å². The van der Waals surface area contributed by atoms with Gasteiger partial charge in [-0.05, 0) is 76.2 Å². The number of phosphoric ester groups is 1. The Labute approximate surface area is 261 Å². The predicted molar refractivity (Wildman–Crippen MR) is 165 cm³/mol. The summed E-state index contributed by atoms with van der Waals surface area (Å²) in [5.74, 6) is -5.42. The largest absolute Gasteiger partial charge is 0.479 e. The molecule has 0 amide bonds. The van der Waals surface area contributed by atoms with Crippen LogP contribution < -0.4 is 0 Å². The van der Waals surface area contributed by atoms with E-state index in [2.05, 4.69) is 34.6 Å². The van der Waals surface area contributed by atoms with E-state index in [1.807, 2.05) is 6.08 Å². The number of hydrogen-bond acceptors (Lipinski definition) is 9. The third kappa shape index (κ3) is 16.0. The number of hydrogen-bond donors (Lipinski definition) is 3. The maximum atomic E-state index is 12.8. The van der Waals surface area contributed by atoms with Crippen LogP contribution in [0.15, 0.2) is 23.3 Å². The summed E-state index contributed by atoms with van der Waals surface area (Å²) in [7, 11) is -4.51. The fourth-order valence-corrected chi connectivity index (χ4v) is 6.40. The van der Waals surface area contributed by atoms with Crippen molar-refractivity contribution in [3.8, 4) is 0 Å². The number of carboxylic acid groups (broad SMARTS) is 3. The number of ether oxygens (including phenoxy) is 1. The molecule has 0 saturated heterocycles. The lowest BCUT2D eigenvalue weighted by Crippen LogP contribution is -2.45. The van der Waals surface area contributed by atoms with E-state index in [1.165, 1.54) is 33.3 Å². The summed E-state index contributed by atoms with van der Waals surface area (Å²) in [4.78, 5) is 48.5. The Balaban J connectivity index is 5.65. The zero-order valence-corrected chi connectivity index (χ0v) is 28.5. The van der Waals surface area contributed by atoms with E-state index >= 15 is 0 Å². The van der Waals surface area contributed by atoms with Gasteiger partial charge >= 0.3 is 31.7 Å². The van der Waals surface area contributed by atoms with Gasteiger partial charge in [-0.15, -0.1) is 0 Å². The van der Waals surface area contributed by atoms with Gasteiger partial charge in [-0.25, -0.2) is 18.9 Å². The quantitative estimate of drug-likeness (QED) is 0.0460. The van der Waals surface area contributed by atoms with Crippen LogP contribution in [-0.2, 0) is 42.1 Å². The van der Waals surface area contributed by atoms with Gasteiger partial charge in [-0.1, -0.05) is 59.6 Å². The highest BCUT2D eigenvalue weighted by Gasteiger charge is 2.45. The lowest BCUT2D eigenvalue weighted by Gasteiger charge is -2.25. The van der Waals surface area contributed by atoms with Crippen molar-refractivity contribution in [3.05, 3.63) is 23.3 Å². The average molecular weight is 649 g/mol. The van der Waals surface area contributed by atoms with Gasteiger partial charge in [-0.3, -0.25) is 18.4 Å². The van der Waals surface area contributed by atoms with Crippen molar-refractivity contribution >= 4 is 31.7 Å². The molecule has 0 aliphatic rings. The highest BCUT2D eigenvalue weighted by molar-refractivity contribution is 7.48. The summed E-state index contributed by atoms with van der Waals surface area (Å²) in [6, 6.07) is 0. The van der Waals surface area contributed by atoms with Crippen molar-refractivity contribution < 1.29 is 57.4 Å². The molecular weight excluding hydrogens is 595 g/mol. The molecular formula is C31H53O12P. The maximum absolute atomic E-state index is 12.8. The van der Waals surface area contributed by atoms with Gasteiger partial charge in [0.2, 0.25) is 12.2 Å². The fourth-order valence-electron chi connectivity index (χ4n) is 5.09. The van der Waals surface area contributed by atoms with Crippen molar-refractivity contribution in [2.24, 2.45) is 29.6 Å². The number of esters is 1. The molecule has 0 saturated carbocycles. The number of carboxylic acids is 3. The first kappa shape index (κ1) is 41.5. The van der Waals surface area contributed by atoms with Crippen LogP contribution in [0.3, 0.4) is 0 Å². The predicted octanol–water partition coefficient (Wildman–Crippen LogP) is 6.74. The Bertz CT molecular complexity index is 1040. The van der Waals surface area contributed by atoms with Gasteiger partial charge in [-0.2, -0.15) is 0 Å². The molecule has 0 aliphatic heterocycles. The number of phosphoric acid groups is 1. The van der Waals surface area contributed by atoms with E-state index in [0.717, 1.165) is 19.3 Å². The van der Waals surface area contributed by atoms with Gasteiger partial charge in [0.15, 0.2) is 0 Å². The van der Waals surface area contributed by atoms with E-state index in [-0.39, 0.29) is 31.1 Å². The second-order valence-electron chi connectivity index (χ2n) is 11.7. The fraction of sp³-hybridized carbons (Fsp3) is 0.742. The maximum Gasteiger partial charge on any atom is 0.475 e. The Hall–Kier alpha value is -2.53. The van der Waals surface area contributed by atoms with Crippen LogP contribution in [0.2, 0.25) is 0 Å². The second-order valence-corrected chi connectivity index (χ2v) is 13.4. The molecule has 3 N–H and O–H groups in total. The third-order valence-electron chi connectivity index (χ3n) is 7.06. The Morgan fingerprint density at radius 2 is 1.27 bits per heavy atom. The monoisotopic (exact) mass is 648 g/mol. The molecule has 44 heavy (non-hydrogen) atoms. The topological polar surface area (TPSA) is 183 Å². The third-order valence-corrected chi connectivity index (χ3v) is 8.69. The Morgan fingerprint density at radius 1 is 0.773 bits per heavy atom. The highest BCUT2D eigenvalue weighted by Crippen LogP contribution is 2.51. The summed E-state index contributed by atoms with van der Waals surface area (Å²) in [6.07, 6.45) is 2.65. The number of rotatable bonds is 23. The summed E-state index contributed by atoms with van der Waals surface area (Å²) in [5.41, 5.74) is 0.585. The number of carbonyl (C=O) groups is 4. The summed E-state index contributed by atoms with van der Waals surface area (Å²) >= 11 is 0. The zero-order chi connectivity index (χ0) is 34.2. The molecule has 0 radical (unpaired) electrons. The SMILES string of the molecule is CCOP(=O)(OCC)O[C@H](C(=O)O)[C@H](OC(=O)C(C)CC(=CC(C)=CC(C)CC(C)CC(C)CC(C)CC)C(=O)O)C(=O)O. The standard InChI is InChI=1S/C31H53O12P/c1-10-19(4)13-20(5)14-21(6)15-22(7)16-23(8)17-25(28(32)33)18-24(9)31(38)42-26(29(34)35)27(30(36)37)43-44(39,40-11-2)41-12-3/h16-17,19-22,24,26-27H,10-15,18H2,1-9H3,(H,32,33)(H,34,35)(H,36,37)/t19?,20?,21?,22?,24?,26-,27-/m0/s1. The molecule has 0 fully saturated rings. The van der Waals surface area contributed by atoms with E-state index in [1.54, 1.807) is 6.92 Å². The van der Waals surface area contributed by atoms with Gasteiger partial charge < -0.3 is 20.1 Å². The molecule has 0 aliphatic carbocycles. The van der Waals surface area contributed by atoms with Crippen LogP contribution >= 0.6 is 7.82 Å². The minimum Gasteiger partial charge on any atom is -0.479 e. The van der Waals surface area contributed by atoms with Crippen LogP contribution in [0, 0.1) is 29.6 Å². The molecule has 254 valence electrons. The minimum absolute atomic E-state index is 0.110. The van der Waals surface area contributed by atoms with Gasteiger partial charge in [0, 0.05) is 5.57 Å². The first-order valence-corrected chi connectivity index (χ1v) is 16.7. The molecule has 5 unspecified atom stereocenters. The van der Waals surface area contributed by atoms with Crippen molar-refractivity contribution in [2.75, 3.05) is 13.2 Å². The Kier molecular flexibility index (Phi) is 19.3. The van der Waals surface area contributed by atoms with Gasteiger partial charge in [0.25, 0.3) is 0 Å². The molecule has 0 aromatic heterocycles. The molecule has 0 rings (SSSR count). The summed E-state index contributed by atoms with van der Waals surface area (Å²) in [6.45, 7) is 16.6. The summed E-state index contributed by atoms with van der Waals surface area (Å²) in [5, 5.41) is 29.0. The van der Waals surface area contributed by atoms with Crippen molar-refractivity contribution in [3.63, 3.8) is 0 Å². The van der Waals surface area contributed by atoms with Crippen LogP contribution in [0.25, 0.3) is 0 Å². The van der Waals surface area contributed by atoms with Crippen LogP contribution in [-0.4, -0.2) is 64.6 Å². The normalized spacial score (nSPS) is 17.6. The van der Waals surface area contributed by atoms with Crippen LogP contribution in [0.5, 0.6) is 0 Å². The molecule has 0 bridgehead atoms. The number of carbonyl (C=O) groups excluding carboxylic acids is 1. The van der Waals surface area contributed by atoms with Gasteiger partial charge in [0.1, 0.15) is 0 Å². The van der Waals surface area contributed by atoms with Crippen molar-refractivity contribution in [2.45, 2.75) is 107 Å². The first-order chi connectivity index (χ1) is 20.4. The van der Waals surface area contributed by atoms with E-state index in [0.29, 0.717) is 23.3 Å². The van der Waals surface area contributed by atoms with E-state index < -0.39 is 49.8 Å². The minimum atomic E-state index is -4.51. The molecule has 0 heterocycles. The lowest BCUT2D eigenvalue weighted by molar-refractivity contribution is -0.179. The number of aliphatic carboxylic acids is 3. The molecule has 12 nitrogen and oxygen atoms in total.